The normalized spacial score (nSPS) is 18.0. The predicted molar refractivity (Wildman–Crippen MR) is 80.4 cm³/mol. The van der Waals surface area contributed by atoms with Crippen molar-refractivity contribution < 1.29 is 13.9 Å². The zero-order chi connectivity index (χ0) is 14.8. The molecular weight excluding hydrogens is 289 g/mol. The van der Waals surface area contributed by atoms with Gasteiger partial charge in [0.05, 0.1) is 11.4 Å². The van der Waals surface area contributed by atoms with Crippen molar-refractivity contribution in [3.8, 4) is 5.75 Å². The maximum absolute atomic E-state index is 13.1. The Balaban J connectivity index is 1.63. The van der Waals surface area contributed by atoms with Gasteiger partial charge in [0.15, 0.2) is 0 Å². The molecule has 5 heteroatoms. The second kappa shape index (κ2) is 5.85. The lowest BCUT2D eigenvalue weighted by atomic mass is 10.3. The minimum atomic E-state index is -0.312. The van der Waals surface area contributed by atoms with E-state index in [1.54, 1.807) is 12.1 Å². The summed E-state index contributed by atoms with van der Waals surface area (Å²) in [6.45, 7) is 3.17. The van der Waals surface area contributed by atoms with Gasteiger partial charge in [0.1, 0.15) is 17.7 Å². The van der Waals surface area contributed by atoms with E-state index in [1.807, 2.05) is 23.3 Å². The molecule has 3 rings (SSSR count). The first-order valence-corrected chi connectivity index (χ1v) is 7.77. The molecule has 1 aliphatic rings. The van der Waals surface area contributed by atoms with E-state index in [0.717, 1.165) is 16.9 Å². The second-order valence-corrected chi connectivity index (χ2v) is 6.09. The molecule has 2 aromatic rings. The molecule has 1 atom stereocenters. The van der Waals surface area contributed by atoms with Gasteiger partial charge in [-0.2, -0.15) is 0 Å². The number of nitrogens with zero attached hydrogens (tertiary/aromatic N) is 1. The largest absolute Gasteiger partial charge is 0.488 e. The Hall–Kier alpha value is -1.88. The van der Waals surface area contributed by atoms with Gasteiger partial charge in [-0.25, -0.2) is 4.39 Å². The van der Waals surface area contributed by atoms with E-state index in [4.69, 9.17) is 4.74 Å². The van der Waals surface area contributed by atoms with Crippen molar-refractivity contribution in [2.45, 2.75) is 19.4 Å². The fraction of sp³-hybridized carbons (Fsp3) is 0.312. The van der Waals surface area contributed by atoms with Crippen LogP contribution in [-0.4, -0.2) is 30.0 Å². The monoisotopic (exact) mass is 305 g/mol. The number of rotatable bonds is 3. The Bertz CT molecular complexity index is 655. The van der Waals surface area contributed by atoms with Gasteiger partial charge in [0.25, 0.3) is 5.91 Å². The topological polar surface area (TPSA) is 29.5 Å². The molecule has 1 aromatic carbocycles. The van der Waals surface area contributed by atoms with Crippen LogP contribution in [0, 0.1) is 12.7 Å². The smallest absolute Gasteiger partial charge is 0.264 e. The number of carbonyl (C=O) groups is 1. The number of benzene rings is 1. The third kappa shape index (κ3) is 3.08. The average Bonchev–Trinajstić information content (AvgIpc) is 3.07. The van der Waals surface area contributed by atoms with Crippen molar-refractivity contribution in [1.82, 2.24) is 4.90 Å². The van der Waals surface area contributed by atoms with Crippen LogP contribution in [0.1, 0.15) is 21.7 Å². The van der Waals surface area contributed by atoms with E-state index >= 15 is 0 Å². The van der Waals surface area contributed by atoms with E-state index < -0.39 is 0 Å². The van der Waals surface area contributed by atoms with Crippen LogP contribution in [0.3, 0.4) is 0 Å². The number of thiophene rings is 1. The summed E-state index contributed by atoms with van der Waals surface area (Å²) in [6, 6.07) is 8.06. The summed E-state index contributed by atoms with van der Waals surface area (Å²) in [5.74, 6) is 0.266. The zero-order valence-corrected chi connectivity index (χ0v) is 12.5. The minimum absolute atomic E-state index is 0.0628. The van der Waals surface area contributed by atoms with Crippen LogP contribution < -0.4 is 4.74 Å². The third-order valence-corrected chi connectivity index (χ3v) is 4.59. The summed E-state index contributed by atoms with van der Waals surface area (Å²) in [6.07, 6.45) is 0.697. The van der Waals surface area contributed by atoms with Gasteiger partial charge < -0.3 is 9.64 Å². The number of ether oxygens (including phenoxy) is 1. The van der Waals surface area contributed by atoms with E-state index in [-0.39, 0.29) is 17.8 Å². The molecule has 1 aliphatic heterocycles. The summed E-state index contributed by atoms with van der Waals surface area (Å²) >= 11 is 1.47. The molecule has 0 saturated carbocycles. The van der Waals surface area contributed by atoms with Crippen LogP contribution in [0.2, 0.25) is 0 Å². The molecular formula is C16H16FNO2S. The summed E-state index contributed by atoms with van der Waals surface area (Å²) in [7, 11) is 0. The van der Waals surface area contributed by atoms with Crippen molar-refractivity contribution in [3.63, 3.8) is 0 Å². The number of hydrogen-bond acceptors (Lipinski definition) is 3. The lowest BCUT2D eigenvalue weighted by Crippen LogP contribution is -2.30. The fourth-order valence-electron chi connectivity index (χ4n) is 2.48. The Kier molecular flexibility index (Phi) is 3.92. The molecule has 0 aliphatic carbocycles. The standard InChI is InChI=1S/C16H16FNO2S/c1-11-6-8-21-15(11)16(19)18-7-5-14(10-18)20-13-4-2-3-12(17)9-13/h2-4,6,8-9,14H,5,7,10H2,1H3. The van der Waals surface area contributed by atoms with Gasteiger partial charge >= 0.3 is 0 Å². The second-order valence-electron chi connectivity index (χ2n) is 5.17. The molecule has 0 spiro atoms. The Morgan fingerprint density at radius 2 is 2.29 bits per heavy atom. The highest BCUT2D eigenvalue weighted by atomic mass is 32.1. The van der Waals surface area contributed by atoms with Crippen LogP contribution in [0.4, 0.5) is 4.39 Å². The molecule has 1 saturated heterocycles. The van der Waals surface area contributed by atoms with Gasteiger partial charge in [0, 0.05) is 19.0 Å². The van der Waals surface area contributed by atoms with Crippen molar-refractivity contribution >= 4 is 17.2 Å². The lowest BCUT2D eigenvalue weighted by Gasteiger charge is -2.17. The minimum Gasteiger partial charge on any atom is -0.488 e. The Morgan fingerprint density at radius 3 is 3.00 bits per heavy atom. The molecule has 0 radical (unpaired) electrons. The van der Waals surface area contributed by atoms with Crippen LogP contribution in [-0.2, 0) is 0 Å². The molecule has 3 nitrogen and oxygen atoms in total. The van der Waals surface area contributed by atoms with Gasteiger partial charge in [-0.1, -0.05) is 6.07 Å². The molecule has 1 unspecified atom stereocenters. The van der Waals surface area contributed by atoms with Gasteiger partial charge in [-0.3, -0.25) is 4.79 Å². The number of hydrogen-bond donors (Lipinski definition) is 0. The molecule has 1 aromatic heterocycles. The quantitative estimate of drug-likeness (QED) is 0.869. The number of aryl methyl sites for hydroxylation is 1. The Morgan fingerprint density at radius 1 is 1.43 bits per heavy atom. The lowest BCUT2D eigenvalue weighted by molar-refractivity contribution is 0.0776. The molecule has 21 heavy (non-hydrogen) atoms. The first-order valence-electron chi connectivity index (χ1n) is 6.89. The number of carbonyl (C=O) groups excluding carboxylic acids is 1. The number of likely N-dealkylation sites (tertiary alicyclic amines) is 1. The molecule has 110 valence electrons. The van der Waals surface area contributed by atoms with Gasteiger partial charge in [0.2, 0.25) is 0 Å². The highest BCUT2D eigenvalue weighted by molar-refractivity contribution is 7.12. The first-order chi connectivity index (χ1) is 10.1. The number of amides is 1. The van der Waals surface area contributed by atoms with Crippen LogP contribution in [0.5, 0.6) is 5.75 Å². The van der Waals surface area contributed by atoms with E-state index in [1.165, 1.54) is 23.5 Å². The highest BCUT2D eigenvalue weighted by Gasteiger charge is 2.29. The fourth-order valence-corrected chi connectivity index (χ4v) is 3.37. The van der Waals surface area contributed by atoms with Gasteiger partial charge in [-0.15, -0.1) is 11.3 Å². The molecule has 2 heterocycles. The van der Waals surface area contributed by atoms with Crippen LogP contribution in [0.25, 0.3) is 0 Å². The van der Waals surface area contributed by atoms with Gasteiger partial charge in [-0.05, 0) is 36.1 Å². The van der Waals surface area contributed by atoms with E-state index in [0.29, 0.717) is 18.8 Å². The predicted octanol–water partition coefficient (Wildman–Crippen LogP) is 3.49. The van der Waals surface area contributed by atoms with Crippen molar-refractivity contribution in [2.24, 2.45) is 0 Å². The van der Waals surface area contributed by atoms with E-state index in [9.17, 15) is 9.18 Å². The molecule has 1 fully saturated rings. The maximum atomic E-state index is 13.1. The first kappa shape index (κ1) is 14.1. The van der Waals surface area contributed by atoms with Crippen molar-refractivity contribution in [3.05, 3.63) is 52.0 Å². The summed E-state index contributed by atoms with van der Waals surface area (Å²) in [4.78, 5) is 15.0. The van der Waals surface area contributed by atoms with Crippen LogP contribution >= 0.6 is 11.3 Å². The SMILES string of the molecule is Cc1ccsc1C(=O)N1CCC(Oc2cccc(F)c2)C1. The molecule has 1 amide bonds. The number of halogens is 1. The third-order valence-electron chi connectivity index (χ3n) is 3.59. The summed E-state index contributed by atoms with van der Waals surface area (Å²) in [5, 5.41) is 1.93. The highest BCUT2D eigenvalue weighted by Crippen LogP contribution is 2.23. The summed E-state index contributed by atoms with van der Waals surface area (Å²) < 4.78 is 18.9. The molecule has 0 N–H and O–H groups in total. The van der Waals surface area contributed by atoms with E-state index in [2.05, 4.69) is 0 Å². The summed E-state index contributed by atoms with van der Waals surface area (Å²) in [5.41, 5.74) is 1.01. The van der Waals surface area contributed by atoms with Crippen molar-refractivity contribution in [1.29, 1.82) is 0 Å². The maximum Gasteiger partial charge on any atom is 0.264 e. The molecule has 0 bridgehead atoms. The Labute approximate surface area is 127 Å². The zero-order valence-electron chi connectivity index (χ0n) is 11.7. The average molecular weight is 305 g/mol. The van der Waals surface area contributed by atoms with Crippen LogP contribution in [0.15, 0.2) is 35.7 Å². The van der Waals surface area contributed by atoms with Crippen molar-refractivity contribution in [2.75, 3.05) is 13.1 Å².